The number of nitrogens with one attached hydrogen (secondary N) is 1. The Morgan fingerprint density at radius 1 is 1.00 bits per heavy atom. The standard InChI is InChI=1S/C15H28N2O/c1-3-16-11-7-12-5-6-13(8-11)17(12)14-9-15(10-14)18-4-2/h11-16H,3-10H2,1-2H3. The van der Waals surface area contributed by atoms with Crippen molar-refractivity contribution in [2.45, 2.75) is 82.6 Å². The average molecular weight is 252 g/mol. The van der Waals surface area contributed by atoms with Gasteiger partial charge >= 0.3 is 0 Å². The Hall–Kier alpha value is -0.120. The van der Waals surface area contributed by atoms with Crippen LogP contribution in [-0.4, -0.2) is 48.3 Å². The van der Waals surface area contributed by atoms with E-state index in [-0.39, 0.29) is 0 Å². The van der Waals surface area contributed by atoms with Crippen LogP contribution >= 0.6 is 0 Å². The van der Waals surface area contributed by atoms with E-state index >= 15 is 0 Å². The summed E-state index contributed by atoms with van der Waals surface area (Å²) in [5, 5.41) is 3.66. The zero-order valence-electron chi connectivity index (χ0n) is 11.9. The predicted octanol–water partition coefficient (Wildman–Crippen LogP) is 2.16. The van der Waals surface area contributed by atoms with E-state index in [9.17, 15) is 0 Å². The number of nitrogens with zero attached hydrogens (tertiary/aromatic N) is 1. The summed E-state index contributed by atoms with van der Waals surface area (Å²) in [4.78, 5) is 2.86. The molecule has 0 aromatic heterocycles. The van der Waals surface area contributed by atoms with Crippen molar-refractivity contribution in [2.24, 2.45) is 0 Å². The van der Waals surface area contributed by atoms with Crippen molar-refractivity contribution in [2.75, 3.05) is 13.2 Å². The lowest BCUT2D eigenvalue weighted by Gasteiger charge is -2.49. The predicted molar refractivity (Wildman–Crippen MR) is 73.8 cm³/mol. The number of piperidine rings is 1. The molecule has 0 aromatic carbocycles. The van der Waals surface area contributed by atoms with Crippen molar-refractivity contribution in [1.29, 1.82) is 0 Å². The molecular formula is C15H28N2O. The van der Waals surface area contributed by atoms with Gasteiger partial charge in [-0.1, -0.05) is 6.92 Å². The first-order valence-corrected chi connectivity index (χ1v) is 7.94. The Labute approximate surface area is 111 Å². The molecule has 3 fully saturated rings. The third kappa shape index (κ3) is 2.33. The molecule has 2 heterocycles. The fourth-order valence-corrected chi connectivity index (χ4v) is 4.42. The summed E-state index contributed by atoms with van der Waals surface area (Å²) in [5.41, 5.74) is 0. The lowest BCUT2D eigenvalue weighted by Crippen LogP contribution is -2.57. The van der Waals surface area contributed by atoms with Gasteiger partial charge in [0.2, 0.25) is 0 Å². The molecule has 1 aliphatic carbocycles. The summed E-state index contributed by atoms with van der Waals surface area (Å²) < 4.78 is 5.71. The molecule has 104 valence electrons. The molecule has 0 radical (unpaired) electrons. The molecule has 2 saturated heterocycles. The molecule has 18 heavy (non-hydrogen) atoms. The van der Waals surface area contributed by atoms with E-state index in [0.29, 0.717) is 6.10 Å². The van der Waals surface area contributed by atoms with E-state index in [0.717, 1.165) is 37.3 Å². The minimum absolute atomic E-state index is 0.561. The summed E-state index contributed by atoms with van der Waals surface area (Å²) in [6, 6.07) is 3.34. The molecule has 1 saturated carbocycles. The number of fused-ring (bicyclic) bond motifs is 2. The largest absolute Gasteiger partial charge is 0.378 e. The molecule has 3 heteroatoms. The van der Waals surface area contributed by atoms with Gasteiger partial charge in [0, 0.05) is 30.8 Å². The van der Waals surface area contributed by atoms with Crippen molar-refractivity contribution in [1.82, 2.24) is 10.2 Å². The highest BCUT2D eigenvalue weighted by molar-refractivity contribution is 5.03. The summed E-state index contributed by atoms with van der Waals surface area (Å²) in [5.74, 6) is 0. The fourth-order valence-electron chi connectivity index (χ4n) is 4.42. The molecule has 2 aliphatic heterocycles. The first-order valence-electron chi connectivity index (χ1n) is 7.94. The maximum Gasteiger partial charge on any atom is 0.0604 e. The van der Waals surface area contributed by atoms with Gasteiger partial charge in [0.1, 0.15) is 0 Å². The van der Waals surface area contributed by atoms with Crippen molar-refractivity contribution in [3.63, 3.8) is 0 Å². The smallest absolute Gasteiger partial charge is 0.0604 e. The summed E-state index contributed by atoms with van der Waals surface area (Å²) in [7, 11) is 0. The van der Waals surface area contributed by atoms with E-state index < -0.39 is 0 Å². The van der Waals surface area contributed by atoms with Crippen LogP contribution in [0.25, 0.3) is 0 Å². The molecule has 3 aliphatic rings. The normalized spacial score (nSPS) is 44.0. The van der Waals surface area contributed by atoms with Crippen molar-refractivity contribution >= 4 is 0 Å². The summed E-state index contributed by atoms with van der Waals surface area (Å²) in [6.45, 7) is 6.35. The molecule has 1 N–H and O–H groups in total. The van der Waals surface area contributed by atoms with Crippen LogP contribution in [0, 0.1) is 0 Å². The van der Waals surface area contributed by atoms with Crippen LogP contribution in [0.4, 0.5) is 0 Å². The van der Waals surface area contributed by atoms with E-state index in [2.05, 4.69) is 24.1 Å². The molecular weight excluding hydrogens is 224 g/mol. The molecule has 3 nitrogen and oxygen atoms in total. The molecule has 2 atom stereocenters. The Bertz CT molecular complexity index is 264. The fraction of sp³-hybridized carbons (Fsp3) is 1.00. The zero-order valence-corrected chi connectivity index (χ0v) is 11.9. The van der Waals surface area contributed by atoms with Gasteiger partial charge < -0.3 is 10.1 Å². The zero-order chi connectivity index (χ0) is 12.5. The molecule has 0 aromatic rings. The van der Waals surface area contributed by atoms with Gasteiger partial charge in [-0.3, -0.25) is 4.90 Å². The average Bonchev–Trinajstić information content (AvgIpc) is 2.56. The van der Waals surface area contributed by atoms with Crippen LogP contribution in [-0.2, 0) is 4.74 Å². The van der Waals surface area contributed by atoms with Gasteiger partial charge in [-0.05, 0) is 52.0 Å². The monoisotopic (exact) mass is 252 g/mol. The van der Waals surface area contributed by atoms with Gasteiger partial charge in [-0.15, -0.1) is 0 Å². The SMILES string of the molecule is CCNC1CC2CCC(C1)N2C1CC(OCC)C1. The number of hydrogen-bond donors (Lipinski definition) is 1. The second kappa shape index (κ2) is 5.48. The Morgan fingerprint density at radius 2 is 1.67 bits per heavy atom. The van der Waals surface area contributed by atoms with Gasteiger partial charge in [-0.2, -0.15) is 0 Å². The van der Waals surface area contributed by atoms with E-state index in [1.807, 2.05) is 0 Å². The van der Waals surface area contributed by atoms with Gasteiger partial charge in [0.25, 0.3) is 0 Å². The third-order valence-corrected chi connectivity index (χ3v) is 5.18. The highest BCUT2D eigenvalue weighted by Gasteiger charge is 2.47. The topological polar surface area (TPSA) is 24.5 Å². The minimum atomic E-state index is 0.561. The molecule has 3 rings (SSSR count). The quantitative estimate of drug-likeness (QED) is 0.811. The van der Waals surface area contributed by atoms with Gasteiger partial charge in [-0.25, -0.2) is 0 Å². The number of ether oxygens (including phenoxy) is 1. The Balaban J connectivity index is 1.53. The van der Waals surface area contributed by atoms with E-state index in [4.69, 9.17) is 4.74 Å². The minimum Gasteiger partial charge on any atom is -0.378 e. The second-order valence-corrected chi connectivity index (χ2v) is 6.26. The van der Waals surface area contributed by atoms with Crippen molar-refractivity contribution in [3.05, 3.63) is 0 Å². The van der Waals surface area contributed by atoms with Crippen molar-refractivity contribution < 1.29 is 4.74 Å². The lowest BCUT2D eigenvalue weighted by molar-refractivity contribution is -0.0699. The molecule has 0 spiro atoms. The van der Waals surface area contributed by atoms with Crippen LogP contribution in [0.15, 0.2) is 0 Å². The van der Waals surface area contributed by atoms with Crippen LogP contribution in [0.5, 0.6) is 0 Å². The second-order valence-electron chi connectivity index (χ2n) is 6.26. The molecule has 2 bridgehead atoms. The van der Waals surface area contributed by atoms with Gasteiger partial charge in [0.05, 0.1) is 6.10 Å². The number of hydrogen-bond acceptors (Lipinski definition) is 3. The Kier molecular flexibility index (Phi) is 3.92. The van der Waals surface area contributed by atoms with E-state index in [1.165, 1.54) is 38.5 Å². The summed E-state index contributed by atoms with van der Waals surface area (Å²) in [6.07, 6.45) is 8.75. The van der Waals surface area contributed by atoms with Crippen LogP contribution in [0.3, 0.4) is 0 Å². The lowest BCUT2D eigenvalue weighted by atomic mass is 9.84. The first kappa shape index (κ1) is 12.9. The van der Waals surface area contributed by atoms with E-state index in [1.54, 1.807) is 0 Å². The summed E-state index contributed by atoms with van der Waals surface area (Å²) >= 11 is 0. The maximum atomic E-state index is 5.71. The highest BCUT2D eigenvalue weighted by atomic mass is 16.5. The van der Waals surface area contributed by atoms with Crippen LogP contribution in [0.1, 0.15) is 52.4 Å². The molecule has 2 unspecified atom stereocenters. The van der Waals surface area contributed by atoms with Crippen LogP contribution in [0.2, 0.25) is 0 Å². The highest BCUT2D eigenvalue weighted by Crippen LogP contribution is 2.42. The third-order valence-electron chi connectivity index (χ3n) is 5.18. The van der Waals surface area contributed by atoms with Gasteiger partial charge in [0.15, 0.2) is 0 Å². The first-order chi connectivity index (χ1) is 8.81. The number of rotatable bonds is 5. The Morgan fingerprint density at radius 3 is 2.22 bits per heavy atom. The molecule has 0 amide bonds. The maximum absolute atomic E-state index is 5.71. The van der Waals surface area contributed by atoms with Crippen molar-refractivity contribution in [3.8, 4) is 0 Å². The van der Waals surface area contributed by atoms with Crippen LogP contribution < -0.4 is 5.32 Å².